The summed E-state index contributed by atoms with van der Waals surface area (Å²) in [6.45, 7) is 0.343. The second-order valence-electron chi connectivity index (χ2n) is 5.46. The molecule has 1 amide bonds. The number of nitrogens with zero attached hydrogens (tertiary/aromatic N) is 3. The van der Waals surface area contributed by atoms with Gasteiger partial charge >= 0.3 is 0 Å². The molecule has 0 saturated carbocycles. The number of H-pyrrole nitrogens is 1. The van der Waals surface area contributed by atoms with E-state index in [9.17, 15) is 9.59 Å². The highest BCUT2D eigenvalue weighted by molar-refractivity contribution is 5.95. The monoisotopic (exact) mass is 333 g/mol. The number of nitrogens with two attached hydrogens (primary N) is 1. The van der Waals surface area contributed by atoms with E-state index in [0.29, 0.717) is 12.2 Å². The zero-order chi connectivity index (χ0) is 17.8. The molecule has 3 heterocycles. The molecule has 3 aromatic rings. The first-order valence-electron chi connectivity index (χ1n) is 7.61. The van der Waals surface area contributed by atoms with E-state index in [2.05, 4.69) is 9.97 Å². The zero-order valence-corrected chi connectivity index (χ0v) is 13.3. The summed E-state index contributed by atoms with van der Waals surface area (Å²) in [5.74, 6) is -0.525. The molecule has 0 bridgehead atoms. The number of rotatable bonds is 5. The van der Waals surface area contributed by atoms with Crippen molar-refractivity contribution in [2.45, 2.75) is 13.0 Å². The van der Waals surface area contributed by atoms with Crippen LogP contribution in [0.3, 0.4) is 0 Å². The largest absolute Gasteiger partial charge is 0.366 e. The van der Waals surface area contributed by atoms with Crippen molar-refractivity contribution < 1.29 is 4.79 Å². The Morgan fingerprint density at radius 2 is 2.24 bits per heavy atom. The highest BCUT2D eigenvalue weighted by Crippen LogP contribution is 2.24. The van der Waals surface area contributed by atoms with Crippen molar-refractivity contribution >= 4 is 23.0 Å². The summed E-state index contributed by atoms with van der Waals surface area (Å²) < 4.78 is 1.51. The van der Waals surface area contributed by atoms with E-state index in [0.717, 1.165) is 22.1 Å². The van der Waals surface area contributed by atoms with Crippen LogP contribution in [0.15, 0.2) is 47.7 Å². The van der Waals surface area contributed by atoms with Crippen LogP contribution in [-0.2, 0) is 11.3 Å². The molecule has 25 heavy (non-hydrogen) atoms. The molecule has 3 N–H and O–H groups in total. The minimum absolute atomic E-state index is 0.153. The van der Waals surface area contributed by atoms with E-state index in [-0.39, 0.29) is 12.0 Å². The van der Waals surface area contributed by atoms with Crippen molar-refractivity contribution in [3.05, 3.63) is 58.8 Å². The molecule has 0 spiro atoms. The zero-order valence-electron chi connectivity index (χ0n) is 13.3. The lowest BCUT2D eigenvalue weighted by Crippen LogP contribution is -2.18. The van der Waals surface area contributed by atoms with Crippen molar-refractivity contribution in [3.8, 4) is 17.2 Å². The van der Waals surface area contributed by atoms with E-state index in [4.69, 9.17) is 11.0 Å². The normalized spacial score (nSPS) is 11.0. The van der Waals surface area contributed by atoms with Crippen molar-refractivity contribution in [3.63, 3.8) is 0 Å². The Hall–Kier alpha value is -3.66. The first-order chi connectivity index (χ1) is 12.1. The maximum Gasteiger partial charge on any atom is 0.250 e. The van der Waals surface area contributed by atoms with Crippen LogP contribution in [0.25, 0.3) is 28.2 Å². The van der Waals surface area contributed by atoms with Gasteiger partial charge < -0.3 is 15.3 Å². The van der Waals surface area contributed by atoms with Crippen LogP contribution in [0.1, 0.15) is 12.0 Å². The summed E-state index contributed by atoms with van der Waals surface area (Å²) in [6, 6.07) is 7.15. The number of nitrogens with one attached hydrogen (secondary N) is 1. The SMILES string of the molecule is N#CCCn1cc(-c2cnc3[nH]cc(C=CC(N)=O)c3c2)ccc1=O. The molecule has 7 nitrogen and oxygen atoms in total. The average molecular weight is 333 g/mol. The third-order valence-electron chi connectivity index (χ3n) is 3.77. The number of hydrogen-bond acceptors (Lipinski definition) is 4. The molecule has 0 aromatic carbocycles. The van der Waals surface area contributed by atoms with Gasteiger partial charge in [0, 0.05) is 53.8 Å². The number of fused-ring (bicyclic) bond motifs is 1. The topological polar surface area (TPSA) is 118 Å². The summed E-state index contributed by atoms with van der Waals surface area (Å²) in [5.41, 5.74) is 8.11. The van der Waals surface area contributed by atoms with Crippen molar-refractivity contribution in [1.29, 1.82) is 5.26 Å². The molecule has 0 saturated heterocycles. The lowest BCUT2D eigenvalue weighted by molar-refractivity contribution is -0.113. The van der Waals surface area contributed by atoms with Crippen LogP contribution in [-0.4, -0.2) is 20.4 Å². The first-order valence-corrected chi connectivity index (χ1v) is 7.61. The smallest absolute Gasteiger partial charge is 0.250 e. The molecular formula is C18H15N5O2. The standard InChI is InChI=1S/C18H15N5O2/c19-6-1-7-23-11-13(3-5-17(23)25)14-8-15-12(2-4-16(20)24)9-21-18(15)22-10-14/h2-5,8-11H,1,7H2,(H2,20,24)(H,21,22). The lowest BCUT2D eigenvalue weighted by Gasteiger charge is -2.07. The van der Waals surface area contributed by atoms with Gasteiger partial charge in [0.2, 0.25) is 5.91 Å². The van der Waals surface area contributed by atoms with Gasteiger partial charge in [-0.3, -0.25) is 9.59 Å². The highest BCUT2D eigenvalue weighted by atomic mass is 16.1. The molecule has 7 heteroatoms. The van der Waals surface area contributed by atoms with Crippen LogP contribution in [0.2, 0.25) is 0 Å². The molecule has 0 aliphatic heterocycles. The minimum atomic E-state index is -0.525. The fourth-order valence-electron chi connectivity index (χ4n) is 2.54. The summed E-state index contributed by atoms with van der Waals surface area (Å²) in [4.78, 5) is 30.2. The molecule has 0 aliphatic carbocycles. The third-order valence-corrected chi connectivity index (χ3v) is 3.77. The molecule has 3 aromatic heterocycles. The van der Waals surface area contributed by atoms with Crippen molar-refractivity contribution in [1.82, 2.24) is 14.5 Å². The molecular weight excluding hydrogens is 318 g/mol. The van der Waals surface area contributed by atoms with Crippen LogP contribution in [0.5, 0.6) is 0 Å². The van der Waals surface area contributed by atoms with Crippen LogP contribution in [0, 0.1) is 11.3 Å². The highest BCUT2D eigenvalue weighted by Gasteiger charge is 2.07. The number of primary amides is 1. The quantitative estimate of drug-likeness (QED) is 0.692. The lowest BCUT2D eigenvalue weighted by atomic mass is 10.1. The van der Waals surface area contributed by atoms with E-state index >= 15 is 0 Å². The molecule has 0 atom stereocenters. The second kappa shape index (κ2) is 6.84. The van der Waals surface area contributed by atoms with Crippen LogP contribution >= 0.6 is 0 Å². The van der Waals surface area contributed by atoms with Gasteiger partial charge in [-0.1, -0.05) is 0 Å². The van der Waals surface area contributed by atoms with E-state index in [1.165, 1.54) is 16.7 Å². The maximum atomic E-state index is 11.9. The van der Waals surface area contributed by atoms with Crippen molar-refractivity contribution in [2.75, 3.05) is 0 Å². The minimum Gasteiger partial charge on any atom is -0.366 e. The Bertz CT molecular complexity index is 1070. The second-order valence-corrected chi connectivity index (χ2v) is 5.46. The van der Waals surface area contributed by atoms with Gasteiger partial charge in [-0.25, -0.2) is 4.98 Å². The van der Waals surface area contributed by atoms with Crippen molar-refractivity contribution in [2.24, 2.45) is 5.73 Å². The van der Waals surface area contributed by atoms with Crippen LogP contribution in [0.4, 0.5) is 0 Å². The number of aromatic nitrogens is 3. The third kappa shape index (κ3) is 3.48. The molecule has 124 valence electrons. The fourth-order valence-corrected chi connectivity index (χ4v) is 2.54. The average Bonchev–Trinajstić information content (AvgIpc) is 3.01. The number of nitriles is 1. The molecule has 0 fully saturated rings. The van der Waals surface area contributed by atoms with Gasteiger partial charge in [-0.15, -0.1) is 0 Å². The van der Waals surface area contributed by atoms with Gasteiger partial charge in [-0.05, 0) is 23.8 Å². The number of pyridine rings is 2. The van der Waals surface area contributed by atoms with E-state index in [1.54, 1.807) is 30.7 Å². The number of aromatic amines is 1. The molecule has 0 unspecified atom stereocenters. The van der Waals surface area contributed by atoms with Gasteiger partial charge in [0.15, 0.2) is 0 Å². The number of aryl methyl sites for hydroxylation is 1. The number of carbonyl (C=O) groups excluding carboxylic acids is 1. The molecule has 3 rings (SSSR count). The summed E-state index contributed by atoms with van der Waals surface area (Å²) in [5, 5.41) is 9.54. The maximum absolute atomic E-state index is 11.9. The fraction of sp³-hybridized carbons (Fsp3) is 0.111. The summed E-state index contributed by atoms with van der Waals surface area (Å²) >= 11 is 0. The predicted octanol–water partition coefficient (Wildman–Crippen LogP) is 1.80. The Morgan fingerprint density at radius 1 is 1.40 bits per heavy atom. The van der Waals surface area contributed by atoms with Gasteiger partial charge in [-0.2, -0.15) is 5.26 Å². The molecule has 0 aliphatic rings. The number of hydrogen-bond donors (Lipinski definition) is 2. The molecule has 0 radical (unpaired) electrons. The predicted molar refractivity (Wildman–Crippen MR) is 94.2 cm³/mol. The Balaban J connectivity index is 2.04. The number of carbonyl (C=O) groups is 1. The Labute approximate surface area is 143 Å². The summed E-state index contributed by atoms with van der Waals surface area (Å²) in [6.07, 6.45) is 8.34. The first kappa shape index (κ1) is 16.2. The van der Waals surface area contributed by atoms with Gasteiger partial charge in [0.05, 0.1) is 12.5 Å². The van der Waals surface area contributed by atoms with E-state index < -0.39 is 5.91 Å². The van der Waals surface area contributed by atoms with Crippen LogP contribution < -0.4 is 11.3 Å². The van der Waals surface area contributed by atoms with E-state index in [1.807, 2.05) is 12.1 Å². The summed E-state index contributed by atoms with van der Waals surface area (Å²) in [7, 11) is 0. The number of amides is 1. The van der Waals surface area contributed by atoms with Gasteiger partial charge in [0.1, 0.15) is 5.65 Å². The Morgan fingerprint density at radius 3 is 3.00 bits per heavy atom. The Kier molecular flexibility index (Phi) is 4.44. The van der Waals surface area contributed by atoms with Gasteiger partial charge in [0.25, 0.3) is 5.56 Å².